The summed E-state index contributed by atoms with van der Waals surface area (Å²) in [6, 6.07) is 1.67. The minimum atomic E-state index is -3.40. The van der Waals surface area contributed by atoms with Crippen molar-refractivity contribution in [2.75, 3.05) is 0 Å². The molecule has 0 aromatic carbocycles. The van der Waals surface area contributed by atoms with Gasteiger partial charge in [0, 0.05) is 23.9 Å². The van der Waals surface area contributed by atoms with E-state index in [-0.39, 0.29) is 10.3 Å². The fourth-order valence-corrected chi connectivity index (χ4v) is 3.95. The second-order valence-corrected chi connectivity index (χ2v) is 7.04. The van der Waals surface area contributed by atoms with Crippen LogP contribution >= 0.6 is 11.3 Å². The summed E-state index contributed by atoms with van der Waals surface area (Å²) in [5.74, 6) is 0.869. The summed E-state index contributed by atoms with van der Waals surface area (Å²) in [7, 11) is -3.40. The van der Waals surface area contributed by atoms with E-state index < -0.39 is 10.0 Å². The van der Waals surface area contributed by atoms with E-state index in [1.165, 1.54) is 0 Å². The zero-order valence-electron chi connectivity index (χ0n) is 9.58. The van der Waals surface area contributed by atoms with E-state index >= 15 is 0 Å². The normalized spacial score (nSPS) is 16.1. The van der Waals surface area contributed by atoms with Crippen LogP contribution in [0.2, 0.25) is 0 Å². The van der Waals surface area contributed by atoms with Crippen LogP contribution in [-0.2, 0) is 10.0 Å². The summed E-state index contributed by atoms with van der Waals surface area (Å²) >= 11 is 1.16. The number of aryl methyl sites for hydroxylation is 1. The van der Waals surface area contributed by atoms with Gasteiger partial charge in [-0.3, -0.25) is 0 Å². The summed E-state index contributed by atoms with van der Waals surface area (Å²) in [4.78, 5) is 4.06. The first-order valence-electron chi connectivity index (χ1n) is 5.46. The topological polar surface area (TPSA) is 85.1 Å². The van der Waals surface area contributed by atoms with Crippen LogP contribution in [0.25, 0.3) is 11.4 Å². The predicted molar refractivity (Wildman–Crippen MR) is 65.7 cm³/mol. The standard InChI is InChI=1S/C10H11N3O3S2/c1-6-11-10(12-16-6)7-4-9(17-5-7)18(14,15)13-8-2-3-8/h4-5,8,13H,2-3H2,1H3. The molecule has 96 valence electrons. The molecule has 1 saturated carbocycles. The van der Waals surface area contributed by atoms with Gasteiger partial charge < -0.3 is 4.52 Å². The zero-order chi connectivity index (χ0) is 12.8. The van der Waals surface area contributed by atoms with E-state index in [4.69, 9.17) is 4.52 Å². The molecule has 1 N–H and O–H groups in total. The molecule has 0 aliphatic heterocycles. The van der Waals surface area contributed by atoms with Crippen LogP contribution in [0.3, 0.4) is 0 Å². The molecular weight excluding hydrogens is 274 g/mol. The van der Waals surface area contributed by atoms with Gasteiger partial charge in [0.05, 0.1) is 0 Å². The Bertz CT molecular complexity index is 670. The van der Waals surface area contributed by atoms with Gasteiger partial charge in [-0.05, 0) is 18.9 Å². The third-order valence-corrected chi connectivity index (χ3v) is 5.49. The number of hydrogen-bond acceptors (Lipinski definition) is 6. The van der Waals surface area contributed by atoms with Crippen molar-refractivity contribution in [3.63, 3.8) is 0 Å². The van der Waals surface area contributed by atoms with Crippen molar-refractivity contribution >= 4 is 21.4 Å². The van der Waals surface area contributed by atoms with Crippen molar-refractivity contribution in [3.05, 3.63) is 17.3 Å². The van der Waals surface area contributed by atoms with E-state index in [1.807, 2.05) is 0 Å². The molecule has 1 aliphatic rings. The van der Waals surface area contributed by atoms with Crippen LogP contribution in [0.5, 0.6) is 0 Å². The molecule has 18 heavy (non-hydrogen) atoms. The van der Waals surface area contributed by atoms with E-state index in [0.717, 1.165) is 24.2 Å². The predicted octanol–water partition coefficient (Wildman–Crippen LogP) is 1.55. The van der Waals surface area contributed by atoms with Crippen molar-refractivity contribution in [1.29, 1.82) is 0 Å². The first-order chi connectivity index (χ1) is 8.54. The molecular formula is C10H11N3O3S2. The minimum absolute atomic E-state index is 0.105. The van der Waals surface area contributed by atoms with Gasteiger partial charge in [-0.25, -0.2) is 13.1 Å². The van der Waals surface area contributed by atoms with Gasteiger partial charge in [0.2, 0.25) is 21.7 Å². The highest BCUT2D eigenvalue weighted by atomic mass is 32.2. The molecule has 3 rings (SSSR count). The first kappa shape index (κ1) is 11.8. The van der Waals surface area contributed by atoms with Crippen LogP contribution in [0.15, 0.2) is 20.2 Å². The Morgan fingerprint density at radius 1 is 1.50 bits per heavy atom. The third kappa shape index (κ3) is 2.31. The van der Waals surface area contributed by atoms with Gasteiger partial charge >= 0.3 is 0 Å². The average Bonchev–Trinajstić information content (AvgIpc) is 2.82. The summed E-state index contributed by atoms with van der Waals surface area (Å²) in [5, 5.41) is 5.47. The second-order valence-electron chi connectivity index (χ2n) is 4.19. The Morgan fingerprint density at radius 2 is 2.28 bits per heavy atom. The number of hydrogen-bond donors (Lipinski definition) is 1. The van der Waals surface area contributed by atoms with Gasteiger partial charge in [0.15, 0.2) is 0 Å². The summed E-state index contributed by atoms with van der Waals surface area (Å²) in [5.41, 5.74) is 0.660. The summed E-state index contributed by atoms with van der Waals surface area (Å²) in [6.07, 6.45) is 1.84. The highest BCUT2D eigenvalue weighted by Gasteiger charge is 2.29. The van der Waals surface area contributed by atoms with Gasteiger partial charge in [-0.2, -0.15) is 4.98 Å². The van der Waals surface area contributed by atoms with Crippen molar-refractivity contribution in [2.24, 2.45) is 0 Å². The lowest BCUT2D eigenvalue weighted by atomic mass is 10.3. The number of nitrogens with zero attached hydrogens (tertiary/aromatic N) is 2. The van der Waals surface area contributed by atoms with Gasteiger partial charge in [0.25, 0.3) is 0 Å². The van der Waals surface area contributed by atoms with Crippen LogP contribution < -0.4 is 4.72 Å². The molecule has 0 atom stereocenters. The molecule has 0 spiro atoms. The van der Waals surface area contributed by atoms with Crippen LogP contribution in [0.1, 0.15) is 18.7 Å². The molecule has 0 saturated heterocycles. The third-order valence-electron chi connectivity index (χ3n) is 2.53. The van der Waals surface area contributed by atoms with Gasteiger partial charge in [-0.1, -0.05) is 5.16 Å². The maximum absolute atomic E-state index is 12.0. The lowest BCUT2D eigenvalue weighted by molar-refractivity contribution is 0.394. The van der Waals surface area contributed by atoms with Crippen LogP contribution in [-0.4, -0.2) is 24.6 Å². The van der Waals surface area contributed by atoms with Crippen molar-refractivity contribution < 1.29 is 12.9 Å². The van der Waals surface area contributed by atoms with Crippen LogP contribution in [0, 0.1) is 6.92 Å². The smallest absolute Gasteiger partial charge is 0.250 e. The lowest BCUT2D eigenvalue weighted by Crippen LogP contribution is -2.24. The lowest BCUT2D eigenvalue weighted by Gasteiger charge is -2.00. The molecule has 0 radical (unpaired) electrons. The van der Waals surface area contributed by atoms with E-state index in [2.05, 4.69) is 14.9 Å². The molecule has 2 aromatic rings. The summed E-state index contributed by atoms with van der Waals surface area (Å²) < 4.78 is 31.7. The monoisotopic (exact) mass is 285 g/mol. The number of sulfonamides is 1. The maximum Gasteiger partial charge on any atom is 0.250 e. The minimum Gasteiger partial charge on any atom is -0.339 e. The number of nitrogens with one attached hydrogen (secondary N) is 1. The molecule has 2 aromatic heterocycles. The van der Waals surface area contributed by atoms with E-state index in [9.17, 15) is 8.42 Å². The first-order valence-corrected chi connectivity index (χ1v) is 7.82. The Morgan fingerprint density at radius 3 is 2.89 bits per heavy atom. The molecule has 0 unspecified atom stereocenters. The Kier molecular flexibility index (Phi) is 2.72. The Balaban J connectivity index is 1.89. The van der Waals surface area contributed by atoms with Crippen LogP contribution in [0.4, 0.5) is 0 Å². The van der Waals surface area contributed by atoms with Gasteiger partial charge in [0.1, 0.15) is 4.21 Å². The number of aromatic nitrogens is 2. The SMILES string of the molecule is Cc1nc(-c2csc(S(=O)(=O)NC3CC3)c2)no1. The molecule has 0 bridgehead atoms. The van der Waals surface area contributed by atoms with Gasteiger partial charge in [-0.15, -0.1) is 11.3 Å². The van der Waals surface area contributed by atoms with Crippen molar-refractivity contribution in [1.82, 2.24) is 14.9 Å². The Labute approximate surface area is 108 Å². The molecule has 2 heterocycles. The molecule has 1 aliphatic carbocycles. The van der Waals surface area contributed by atoms with E-state index in [0.29, 0.717) is 17.3 Å². The average molecular weight is 285 g/mol. The highest BCUT2D eigenvalue weighted by Crippen LogP contribution is 2.28. The fraction of sp³-hybridized carbons (Fsp3) is 0.400. The largest absolute Gasteiger partial charge is 0.339 e. The highest BCUT2D eigenvalue weighted by molar-refractivity contribution is 7.91. The zero-order valence-corrected chi connectivity index (χ0v) is 11.2. The van der Waals surface area contributed by atoms with Crippen molar-refractivity contribution in [2.45, 2.75) is 30.0 Å². The number of rotatable bonds is 4. The molecule has 8 heteroatoms. The number of thiophene rings is 1. The van der Waals surface area contributed by atoms with Crippen molar-refractivity contribution in [3.8, 4) is 11.4 Å². The fourth-order valence-electron chi connectivity index (χ4n) is 1.47. The molecule has 1 fully saturated rings. The van der Waals surface area contributed by atoms with E-state index in [1.54, 1.807) is 18.4 Å². The quantitative estimate of drug-likeness (QED) is 0.921. The maximum atomic E-state index is 12.0. The summed E-state index contributed by atoms with van der Waals surface area (Å²) in [6.45, 7) is 1.69. The Hall–Kier alpha value is -1.25. The molecule has 0 amide bonds. The molecule has 6 nitrogen and oxygen atoms in total. The second kappa shape index (κ2) is 4.15.